The molecule has 0 unspecified atom stereocenters. The van der Waals surface area contributed by atoms with Crippen molar-refractivity contribution >= 4 is 23.5 Å². The highest BCUT2D eigenvalue weighted by molar-refractivity contribution is 6.31. The number of urea groups is 1. The molecule has 0 atom stereocenters. The fraction of sp³-hybridized carbons (Fsp3) is 0.381. The van der Waals surface area contributed by atoms with Gasteiger partial charge >= 0.3 is 12.2 Å². The van der Waals surface area contributed by atoms with Crippen molar-refractivity contribution in [3.05, 3.63) is 58.7 Å². The molecule has 1 saturated heterocycles. The summed E-state index contributed by atoms with van der Waals surface area (Å²) in [5.41, 5.74) is 1.31. The minimum atomic E-state index is -4.46. The van der Waals surface area contributed by atoms with Crippen LogP contribution in [0.2, 0.25) is 5.02 Å². The normalized spacial score (nSPS) is 14.2. The number of pyridine rings is 1. The number of aromatic nitrogens is 1. The van der Waals surface area contributed by atoms with Crippen LogP contribution in [0.4, 0.5) is 18.0 Å². The van der Waals surface area contributed by atoms with E-state index in [4.69, 9.17) is 11.6 Å². The quantitative estimate of drug-likeness (QED) is 0.703. The number of carbonyl (C=O) groups is 2. The Morgan fingerprint density at radius 1 is 1.09 bits per heavy atom. The predicted molar refractivity (Wildman–Crippen MR) is 111 cm³/mol. The van der Waals surface area contributed by atoms with E-state index >= 15 is 0 Å². The van der Waals surface area contributed by atoms with E-state index in [1.165, 1.54) is 12.3 Å². The minimum Gasteiger partial charge on any atom is -0.468 e. The predicted octanol–water partition coefficient (Wildman–Crippen LogP) is 3.27. The molecule has 0 aliphatic carbocycles. The summed E-state index contributed by atoms with van der Waals surface area (Å²) >= 11 is 6.11. The Bertz CT molecular complexity index is 950. The first-order valence-corrected chi connectivity index (χ1v) is 10.3. The van der Waals surface area contributed by atoms with Gasteiger partial charge in [0.05, 0.1) is 6.42 Å². The SMILES string of the molecule is O=C(Cc1ccccc1Cl)N1CCN(C(=O)NCc2ccnc(OCC(F)(F)F)c2)CC1. The molecule has 1 aromatic carbocycles. The number of piperazine rings is 1. The largest absolute Gasteiger partial charge is 0.468 e. The van der Waals surface area contributed by atoms with Gasteiger partial charge in [0.2, 0.25) is 11.8 Å². The number of alkyl halides is 3. The van der Waals surface area contributed by atoms with Crippen LogP contribution in [0.15, 0.2) is 42.6 Å². The van der Waals surface area contributed by atoms with Crippen molar-refractivity contribution < 1.29 is 27.5 Å². The van der Waals surface area contributed by atoms with E-state index in [-0.39, 0.29) is 30.8 Å². The van der Waals surface area contributed by atoms with Crippen molar-refractivity contribution in [1.82, 2.24) is 20.1 Å². The van der Waals surface area contributed by atoms with Crippen LogP contribution in [0.1, 0.15) is 11.1 Å². The fourth-order valence-corrected chi connectivity index (χ4v) is 3.36. The maximum absolute atomic E-state index is 12.5. The standard InChI is InChI=1S/C21H22ClF3N4O3/c22-17-4-2-1-3-16(17)12-19(30)28-7-9-29(10-8-28)20(31)27-13-15-5-6-26-18(11-15)32-14-21(23,24)25/h1-6,11H,7-10,12-14H2,(H,27,31). The summed E-state index contributed by atoms with van der Waals surface area (Å²) in [6.07, 6.45) is -2.94. The third-order valence-corrected chi connectivity index (χ3v) is 5.21. The number of hydrogen-bond acceptors (Lipinski definition) is 4. The third-order valence-electron chi connectivity index (χ3n) is 4.85. The zero-order chi connectivity index (χ0) is 23.1. The van der Waals surface area contributed by atoms with E-state index in [0.717, 1.165) is 5.56 Å². The van der Waals surface area contributed by atoms with Gasteiger partial charge in [0, 0.05) is 50.0 Å². The first kappa shape index (κ1) is 23.6. The number of nitrogens with zero attached hydrogens (tertiary/aromatic N) is 3. The lowest BCUT2D eigenvalue weighted by Gasteiger charge is -2.34. The summed E-state index contributed by atoms with van der Waals surface area (Å²) in [6.45, 7) is 0.222. The highest BCUT2D eigenvalue weighted by atomic mass is 35.5. The molecule has 2 aromatic rings. The van der Waals surface area contributed by atoms with Crippen molar-refractivity contribution in [3.63, 3.8) is 0 Å². The van der Waals surface area contributed by atoms with E-state index < -0.39 is 12.8 Å². The molecule has 172 valence electrons. The zero-order valence-electron chi connectivity index (χ0n) is 17.1. The van der Waals surface area contributed by atoms with E-state index in [2.05, 4.69) is 15.0 Å². The summed E-state index contributed by atoms with van der Waals surface area (Å²) in [6, 6.07) is 9.77. The van der Waals surface area contributed by atoms with Crippen molar-refractivity contribution in [2.45, 2.75) is 19.1 Å². The molecular weight excluding hydrogens is 449 g/mol. The minimum absolute atomic E-state index is 0.0543. The second-order valence-corrected chi connectivity index (χ2v) is 7.61. The van der Waals surface area contributed by atoms with E-state index in [1.54, 1.807) is 28.0 Å². The number of halogens is 4. The van der Waals surface area contributed by atoms with E-state index in [9.17, 15) is 22.8 Å². The summed E-state index contributed by atoms with van der Waals surface area (Å²) < 4.78 is 41.4. The number of benzene rings is 1. The Labute approximate surface area is 188 Å². The number of amides is 3. The molecule has 0 saturated carbocycles. The lowest BCUT2D eigenvalue weighted by atomic mass is 10.1. The molecular formula is C21H22ClF3N4O3. The summed E-state index contributed by atoms with van der Waals surface area (Å²) in [5.74, 6) is -0.221. The Balaban J connectivity index is 1.44. The van der Waals surface area contributed by atoms with Gasteiger partial charge in [-0.3, -0.25) is 4.79 Å². The fourth-order valence-electron chi connectivity index (χ4n) is 3.16. The molecule has 11 heteroatoms. The first-order valence-electron chi connectivity index (χ1n) is 9.90. The molecule has 0 spiro atoms. The second kappa shape index (κ2) is 10.5. The van der Waals surface area contributed by atoms with Crippen LogP contribution >= 0.6 is 11.6 Å². The molecule has 1 N–H and O–H groups in total. The van der Waals surface area contributed by atoms with Gasteiger partial charge in [-0.1, -0.05) is 29.8 Å². The molecule has 1 aliphatic heterocycles. The monoisotopic (exact) mass is 470 g/mol. The van der Waals surface area contributed by atoms with Crippen molar-refractivity contribution in [1.29, 1.82) is 0 Å². The zero-order valence-corrected chi connectivity index (χ0v) is 17.8. The van der Waals surface area contributed by atoms with Gasteiger partial charge in [-0.25, -0.2) is 9.78 Å². The number of rotatable bonds is 6. The van der Waals surface area contributed by atoms with Crippen LogP contribution in [0.3, 0.4) is 0 Å². The van der Waals surface area contributed by atoms with Crippen LogP contribution in [-0.2, 0) is 17.8 Å². The van der Waals surface area contributed by atoms with Crippen LogP contribution < -0.4 is 10.1 Å². The van der Waals surface area contributed by atoms with E-state index in [1.807, 2.05) is 12.1 Å². The summed E-state index contributed by atoms with van der Waals surface area (Å²) in [7, 11) is 0. The lowest BCUT2D eigenvalue weighted by molar-refractivity contribution is -0.154. The number of ether oxygens (including phenoxy) is 1. The van der Waals surface area contributed by atoms with Gasteiger partial charge in [-0.2, -0.15) is 13.2 Å². The molecule has 32 heavy (non-hydrogen) atoms. The average Bonchev–Trinajstić information content (AvgIpc) is 2.77. The van der Waals surface area contributed by atoms with Gasteiger partial charge in [0.1, 0.15) is 0 Å². The average molecular weight is 471 g/mol. The Morgan fingerprint density at radius 2 is 1.78 bits per heavy atom. The summed E-state index contributed by atoms with van der Waals surface area (Å²) in [4.78, 5) is 31.9. The maximum atomic E-state index is 12.5. The molecule has 3 rings (SSSR count). The molecule has 1 aliphatic rings. The van der Waals surface area contributed by atoms with Crippen LogP contribution in [0.5, 0.6) is 5.88 Å². The Morgan fingerprint density at radius 3 is 2.47 bits per heavy atom. The smallest absolute Gasteiger partial charge is 0.422 e. The molecule has 0 bridgehead atoms. The highest BCUT2D eigenvalue weighted by Crippen LogP contribution is 2.18. The van der Waals surface area contributed by atoms with Crippen molar-refractivity contribution in [3.8, 4) is 5.88 Å². The first-order chi connectivity index (χ1) is 15.2. The van der Waals surface area contributed by atoms with Gasteiger partial charge < -0.3 is 19.9 Å². The number of hydrogen-bond donors (Lipinski definition) is 1. The molecule has 3 amide bonds. The van der Waals surface area contributed by atoms with Crippen LogP contribution in [0.25, 0.3) is 0 Å². The van der Waals surface area contributed by atoms with Crippen molar-refractivity contribution in [2.24, 2.45) is 0 Å². The molecule has 1 fully saturated rings. The third kappa shape index (κ3) is 7.01. The van der Waals surface area contributed by atoms with Crippen LogP contribution in [-0.4, -0.2) is 65.7 Å². The Hall–Kier alpha value is -3.01. The van der Waals surface area contributed by atoms with Gasteiger partial charge in [0.25, 0.3) is 0 Å². The van der Waals surface area contributed by atoms with Crippen molar-refractivity contribution in [2.75, 3.05) is 32.8 Å². The molecule has 1 aromatic heterocycles. The van der Waals surface area contributed by atoms with Gasteiger partial charge in [-0.05, 0) is 23.3 Å². The van der Waals surface area contributed by atoms with E-state index in [0.29, 0.717) is 36.8 Å². The van der Waals surface area contributed by atoms with Crippen LogP contribution in [0, 0.1) is 0 Å². The van der Waals surface area contributed by atoms with Gasteiger partial charge in [0.15, 0.2) is 6.61 Å². The Kier molecular flexibility index (Phi) is 7.79. The topological polar surface area (TPSA) is 74.8 Å². The number of nitrogens with one attached hydrogen (secondary N) is 1. The maximum Gasteiger partial charge on any atom is 0.422 e. The highest BCUT2D eigenvalue weighted by Gasteiger charge is 2.28. The molecule has 0 radical (unpaired) electrons. The molecule has 2 heterocycles. The number of carbonyl (C=O) groups excluding carboxylic acids is 2. The molecule has 7 nitrogen and oxygen atoms in total. The van der Waals surface area contributed by atoms with Gasteiger partial charge in [-0.15, -0.1) is 0 Å². The lowest BCUT2D eigenvalue weighted by Crippen LogP contribution is -2.53. The second-order valence-electron chi connectivity index (χ2n) is 7.20. The summed E-state index contributed by atoms with van der Waals surface area (Å²) in [5, 5.41) is 3.26.